The highest BCUT2D eigenvalue weighted by atomic mass is 35.5. The number of likely N-dealkylation sites (tertiary alicyclic amines) is 1. The SMILES string of the molecule is CN1CCN(C(=O)Cn2cc(C(=O)N3CCC4(CC3)OC(=O)c3cc(F)ccc34)c3ccc(Cl)cc32)CC1. The third-order valence-corrected chi connectivity index (χ3v) is 8.31. The van der Waals surface area contributed by atoms with Gasteiger partial charge in [-0.15, -0.1) is 0 Å². The Morgan fingerprint density at radius 2 is 1.74 bits per heavy atom. The average Bonchev–Trinajstić information content (AvgIpc) is 3.38. The summed E-state index contributed by atoms with van der Waals surface area (Å²) in [5.74, 6) is -1.15. The van der Waals surface area contributed by atoms with Gasteiger partial charge < -0.3 is 24.0 Å². The summed E-state index contributed by atoms with van der Waals surface area (Å²) in [5, 5.41) is 1.26. The number of amides is 2. The minimum Gasteiger partial charge on any atom is -0.450 e. The highest BCUT2D eigenvalue weighted by Gasteiger charge is 2.48. The third-order valence-electron chi connectivity index (χ3n) is 8.08. The number of nitrogens with zero attached hydrogens (tertiary/aromatic N) is 4. The van der Waals surface area contributed by atoms with Gasteiger partial charge in [0, 0.05) is 74.3 Å². The molecule has 2 aromatic carbocycles. The van der Waals surface area contributed by atoms with Crippen LogP contribution in [0.25, 0.3) is 10.9 Å². The van der Waals surface area contributed by atoms with Gasteiger partial charge in [0.25, 0.3) is 5.91 Å². The fourth-order valence-corrected chi connectivity index (χ4v) is 6.02. The van der Waals surface area contributed by atoms with Gasteiger partial charge >= 0.3 is 5.97 Å². The number of likely N-dealkylation sites (N-methyl/N-ethyl adjacent to an activating group) is 1. The molecule has 4 heterocycles. The number of carbonyl (C=O) groups excluding carboxylic acids is 3. The van der Waals surface area contributed by atoms with Crippen LogP contribution in [0.2, 0.25) is 5.02 Å². The van der Waals surface area contributed by atoms with Crippen LogP contribution in [0, 0.1) is 5.82 Å². The molecule has 0 saturated carbocycles. The molecule has 3 aliphatic rings. The van der Waals surface area contributed by atoms with Gasteiger partial charge in [-0.05, 0) is 31.3 Å². The molecule has 1 aromatic heterocycles. The van der Waals surface area contributed by atoms with Crippen LogP contribution in [-0.2, 0) is 21.7 Å². The Hall–Kier alpha value is -3.43. The Morgan fingerprint density at radius 3 is 2.47 bits per heavy atom. The Balaban J connectivity index is 1.23. The summed E-state index contributed by atoms with van der Waals surface area (Å²) in [6.45, 7) is 3.90. The number of piperidine rings is 1. The van der Waals surface area contributed by atoms with E-state index in [0.717, 1.165) is 24.0 Å². The van der Waals surface area contributed by atoms with E-state index in [-0.39, 0.29) is 23.9 Å². The lowest BCUT2D eigenvalue weighted by atomic mass is 9.83. The normalized spacial score (nSPS) is 19.2. The van der Waals surface area contributed by atoms with Crippen LogP contribution in [-0.4, -0.2) is 83.4 Å². The fraction of sp³-hybridized carbons (Fsp3) is 0.393. The van der Waals surface area contributed by atoms with Crippen LogP contribution in [0.1, 0.15) is 39.1 Å². The van der Waals surface area contributed by atoms with Gasteiger partial charge in [-0.1, -0.05) is 23.7 Å². The predicted molar refractivity (Wildman–Crippen MR) is 140 cm³/mol. The van der Waals surface area contributed by atoms with Crippen molar-refractivity contribution in [1.29, 1.82) is 0 Å². The first kappa shape index (κ1) is 24.9. The number of piperazine rings is 1. The number of rotatable bonds is 3. The van der Waals surface area contributed by atoms with Crippen LogP contribution < -0.4 is 0 Å². The standard InChI is InChI=1S/C28H28ClFN4O4/c1-31-10-12-32(13-11-31)25(35)17-34-16-22(20-4-2-18(29)14-24(20)34)26(36)33-8-6-28(7-9-33)23-5-3-19(30)15-21(23)27(37)38-28/h2-5,14-16H,6-13,17H2,1H3. The van der Waals surface area contributed by atoms with E-state index in [9.17, 15) is 18.8 Å². The molecule has 0 N–H and O–H groups in total. The highest BCUT2D eigenvalue weighted by molar-refractivity contribution is 6.31. The van der Waals surface area contributed by atoms with Crippen molar-refractivity contribution in [2.45, 2.75) is 25.0 Å². The van der Waals surface area contributed by atoms with Gasteiger partial charge in [-0.3, -0.25) is 9.59 Å². The molecule has 38 heavy (non-hydrogen) atoms. The molecular weight excluding hydrogens is 511 g/mol. The largest absolute Gasteiger partial charge is 0.450 e. The summed E-state index contributed by atoms with van der Waals surface area (Å²) < 4.78 is 21.3. The second kappa shape index (κ2) is 9.39. The van der Waals surface area contributed by atoms with Crippen LogP contribution in [0.5, 0.6) is 0 Å². The molecule has 2 fully saturated rings. The second-order valence-electron chi connectivity index (χ2n) is 10.4. The summed E-state index contributed by atoms with van der Waals surface area (Å²) in [6, 6.07) is 9.51. The minimum absolute atomic E-state index is 0.00652. The van der Waals surface area contributed by atoms with Crippen LogP contribution in [0.3, 0.4) is 0 Å². The molecule has 6 rings (SSSR count). The molecule has 0 atom stereocenters. The van der Waals surface area contributed by atoms with Crippen molar-refractivity contribution < 1.29 is 23.5 Å². The van der Waals surface area contributed by atoms with Crippen molar-refractivity contribution in [3.63, 3.8) is 0 Å². The van der Waals surface area contributed by atoms with E-state index in [2.05, 4.69) is 4.90 Å². The molecule has 0 unspecified atom stereocenters. The van der Waals surface area contributed by atoms with E-state index in [1.54, 1.807) is 29.3 Å². The molecule has 8 nitrogen and oxygen atoms in total. The van der Waals surface area contributed by atoms with Crippen LogP contribution in [0.15, 0.2) is 42.6 Å². The number of fused-ring (bicyclic) bond motifs is 3. The van der Waals surface area contributed by atoms with E-state index in [4.69, 9.17) is 16.3 Å². The average molecular weight is 539 g/mol. The number of halogens is 2. The zero-order chi connectivity index (χ0) is 26.6. The Kier molecular flexibility index (Phi) is 6.15. The van der Waals surface area contributed by atoms with E-state index >= 15 is 0 Å². The van der Waals surface area contributed by atoms with Gasteiger partial charge in [0.1, 0.15) is 18.0 Å². The number of ether oxygens (including phenoxy) is 1. The molecule has 2 amide bonds. The van der Waals surface area contributed by atoms with E-state index in [1.807, 2.05) is 22.6 Å². The number of benzene rings is 2. The van der Waals surface area contributed by atoms with Gasteiger partial charge in [-0.2, -0.15) is 0 Å². The zero-order valence-electron chi connectivity index (χ0n) is 21.1. The quantitative estimate of drug-likeness (QED) is 0.477. The Bertz CT molecular complexity index is 1450. The van der Waals surface area contributed by atoms with Gasteiger partial charge in [0.2, 0.25) is 5.91 Å². The molecule has 0 radical (unpaired) electrons. The van der Waals surface area contributed by atoms with Crippen molar-refractivity contribution >= 4 is 40.3 Å². The van der Waals surface area contributed by atoms with Gasteiger partial charge in [-0.25, -0.2) is 9.18 Å². The summed E-state index contributed by atoms with van der Waals surface area (Å²) in [6.07, 6.45) is 2.60. The fourth-order valence-electron chi connectivity index (χ4n) is 5.85. The predicted octanol–water partition coefficient (Wildman–Crippen LogP) is 3.51. The maximum Gasteiger partial charge on any atom is 0.339 e. The number of hydrogen-bond donors (Lipinski definition) is 0. The van der Waals surface area contributed by atoms with E-state index in [1.165, 1.54) is 12.1 Å². The topological polar surface area (TPSA) is 75.1 Å². The first-order chi connectivity index (χ1) is 18.2. The van der Waals surface area contributed by atoms with Crippen LogP contribution in [0.4, 0.5) is 4.39 Å². The van der Waals surface area contributed by atoms with E-state index < -0.39 is 17.4 Å². The summed E-state index contributed by atoms with van der Waals surface area (Å²) in [5.41, 5.74) is 1.34. The molecule has 0 aliphatic carbocycles. The van der Waals surface area contributed by atoms with Crippen molar-refractivity contribution in [3.8, 4) is 0 Å². The lowest BCUT2D eigenvalue weighted by molar-refractivity contribution is -0.133. The zero-order valence-corrected chi connectivity index (χ0v) is 21.8. The monoisotopic (exact) mass is 538 g/mol. The summed E-state index contributed by atoms with van der Waals surface area (Å²) in [4.78, 5) is 45.0. The third kappa shape index (κ3) is 4.23. The molecule has 1 spiro atoms. The van der Waals surface area contributed by atoms with Crippen molar-refractivity contribution in [2.24, 2.45) is 0 Å². The van der Waals surface area contributed by atoms with E-state index in [0.29, 0.717) is 55.2 Å². The molecule has 3 aromatic rings. The lowest BCUT2D eigenvalue weighted by Crippen LogP contribution is -2.48. The van der Waals surface area contributed by atoms with Crippen LogP contribution >= 0.6 is 11.6 Å². The first-order valence-electron chi connectivity index (χ1n) is 12.8. The smallest absolute Gasteiger partial charge is 0.339 e. The molecule has 3 aliphatic heterocycles. The van der Waals surface area contributed by atoms with Crippen molar-refractivity contribution in [1.82, 2.24) is 19.3 Å². The Morgan fingerprint density at radius 1 is 1.00 bits per heavy atom. The molecular formula is C28H28ClFN4O4. The number of carbonyl (C=O) groups is 3. The highest BCUT2D eigenvalue weighted by Crippen LogP contribution is 2.44. The molecule has 10 heteroatoms. The summed E-state index contributed by atoms with van der Waals surface area (Å²) in [7, 11) is 2.04. The number of aromatic nitrogens is 1. The van der Waals surface area contributed by atoms with Gasteiger partial charge in [0.15, 0.2) is 0 Å². The molecule has 198 valence electrons. The maximum atomic E-state index is 13.7. The minimum atomic E-state index is -0.840. The maximum absolute atomic E-state index is 13.7. The van der Waals surface area contributed by atoms with Crippen molar-refractivity contribution in [2.75, 3.05) is 46.3 Å². The summed E-state index contributed by atoms with van der Waals surface area (Å²) >= 11 is 6.29. The molecule has 2 saturated heterocycles. The van der Waals surface area contributed by atoms with Gasteiger partial charge in [0.05, 0.1) is 16.6 Å². The second-order valence-corrected chi connectivity index (χ2v) is 10.8. The number of hydrogen-bond acceptors (Lipinski definition) is 5. The molecule has 0 bridgehead atoms. The van der Waals surface area contributed by atoms with Crippen molar-refractivity contribution in [3.05, 3.63) is 70.1 Å². The number of esters is 1. The lowest BCUT2D eigenvalue weighted by Gasteiger charge is -2.38. The Labute approximate surface area is 224 Å². The first-order valence-corrected chi connectivity index (χ1v) is 13.2.